The van der Waals surface area contributed by atoms with E-state index in [0.717, 1.165) is 38.8 Å². The Labute approximate surface area is 147 Å². The Morgan fingerprint density at radius 1 is 1.25 bits per heavy atom. The van der Waals surface area contributed by atoms with Crippen LogP contribution < -0.4 is 10.6 Å². The Hall–Kier alpha value is -1.24. The number of nitrogens with one attached hydrogen (secondary N) is 2. The Bertz CT molecular complexity index is 547. The van der Waals surface area contributed by atoms with Crippen LogP contribution in [0.25, 0.3) is 0 Å². The Morgan fingerprint density at radius 2 is 2.00 bits per heavy atom. The van der Waals surface area contributed by atoms with Gasteiger partial charge in [0.2, 0.25) is 5.91 Å². The van der Waals surface area contributed by atoms with Crippen LogP contribution in [0.2, 0.25) is 0 Å². The number of halogens is 3. The number of carbonyl (C=O) groups excluding carboxylic acids is 1. The van der Waals surface area contributed by atoms with E-state index in [9.17, 15) is 13.6 Å². The van der Waals surface area contributed by atoms with Crippen molar-refractivity contribution in [3.8, 4) is 0 Å². The Kier molecular flexibility index (Phi) is 6.95. The first kappa shape index (κ1) is 19.1. The van der Waals surface area contributed by atoms with E-state index >= 15 is 0 Å². The van der Waals surface area contributed by atoms with E-state index < -0.39 is 11.6 Å². The first-order valence-corrected chi connectivity index (χ1v) is 8.32. The van der Waals surface area contributed by atoms with E-state index in [1.165, 1.54) is 18.2 Å². The molecule has 0 spiro atoms. The number of hydrogen-bond donors (Lipinski definition) is 2. The zero-order valence-electron chi connectivity index (χ0n) is 13.6. The summed E-state index contributed by atoms with van der Waals surface area (Å²) in [7, 11) is 0. The van der Waals surface area contributed by atoms with Crippen LogP contribution in [-0.4, -0.2) is 42.5 Å². The van der Waals surface area contributed by atoms with Crippen molar-refractivity contribution in [1.82, 2.24) is 15.5 Å². The molecule has 7 heteroatoms. The van der Waals surface area contributed by atoms with E-state index in [1.54, 1.807) is 0 Å². The quantitative estimate of drug-likeness (QED) is 0.866. The van der Waals surface area contributed by atoms with E-state index in [-0.39, 0.29) is 42.5 Å². The monoisotopic (exact) mass is 359 g/mol. The average Bonchev–Trinajstić information content (AvgIpc) is 3.06. The highest BCUT2D eigenvalue weighted by molar-refractivity contribution is 5.85. The molecule has 1 amide bonds. The van der Waals surface area contributed by atoms with E-state index in [0.29, 0.717) is 6.54 Å². The molecule has 2 atom stereocenters. The standard InChI is InChI=1S/C17H23F2N3O.ClH/c18-14-5-1-6-15(19)13(14)11-22-9-3-4-12(10-22)21-17(23)16-7-2-8-20-16;/h1,5-6,12,16,20H,2-4,7-11H2,(H,21,23);1H/t12?,16-;/m0./s1. The van der Waals surface area contributed by atoms with Gasteiger partial charge in [0.25, 0.3) is 0 Å². The van der Waals surface area contributed by atoms with Crippen LogP contribution in [-0.2, 0) is 11.3 Å². The number of amides is 1. The molecular weight excluding hydrogens is 336 g/mol. The number of benzene rings is 1. The zero-order valence-corrected chi connectivity index (χ0v) is 14.4. The van der Waals surface area contributed by atoms with Crippen molar-refractivity contribution in [2.24, 2.45) is 0 Å². The Balaban J connectivity index is 0.00000208. The summed E-state index contributed by atoms with van der Waals surface area (Å²) in [6, 6.07) is 3.91. The van der Waals surface area contributed by atoms with Crippen LogP contribution in [0.3, 0.4) is 0 Å². The number of carbonyl (C=O) groups is 1. The fourth-order valence-corrected chi connectivity index (χ4v) is 3.43. The van der Waals surface area contributed by atoms with Crippen molar-refractivity contribution < 1.29 is 13.6 Å². The molecule has 1 unspecified atom stereocenters. The summed E-state index contributed by atoms with van der Waals surface area (Å²) in [6.07, 6.45) is 3.73. The summed E-state index contributed by atoms with van der Waals surface area (Å²) in [4.78, 5) is 14.2. The predicted octanol–water partition coefficient (Wildman–Crippen LogP) is 2.22. The van der Waals surface area contributed by atoms with Gasteiger partial charge in [-0.2, -0.15) is 0 Å². The van der Waals surface area contributed by atoms with Crippen molar-refractivity contribution in [3.05, 3.63) is 35.4 Å². The molecule has 2 saturated heterocycles. The normalized spacial score (nSPS) is 24.4. The molecular formula is C17H24ClF2N3O. The van der Waals surface area contributed by atoms with Crippen LogP contribution in [0.1, 0.15) is 31.2 Å². The molecule has 3 rings (SSSR count). The first-order chi connectivity index (χ1) is 11.1. The van der Waals surface area contributed by atoms with Gasteiger partial charge in [0, 0.05) is 24.7 Å². The minimum atomic E-state index is -0.508. The molecule has 2 heterocycles. The number of piperidine rings is 1. The van der Waals surface area contributed by atoms with Gasteiger partial charge in [0.15, 0.2) is 0 Å². The van der Waals surface area contributed by atoms with Gasteiger partial charge in [0.1, 0.15) is 11.6 Å². The first-order valence-electron chi connectivity index (χ1n) is 8.32. The topological polar surface area (TPSA) is 44.4 Å². The molecule has 0 aromatic heterocycles. The van der Waals surface area contributed by atoms with Gasteiger partial charge in [-0.15, -0.1) is 12.4 Å². The summed E-state index contributed by atoms with van der Waals surface area (Å²) >= 11 is 0. The van der Waals surface area contributed by atoms with Gasteiger partial charge < -0.3 is 10.6 Å². The average molecular weight is 360 g/mol. The third-order valence-corrected chi connectivity index (χ3v) is 4.67. The lowest BCUT2D eigenvalue weighted by Gasteiger charge is -2.33. The van der Waals surface area contributed by atoms with E-state index in [2.05, 4.69) is 10.6 Å². The minimum absolute atomic E-state index is 0. The highest BCUT2D eigenvalue weighted by atomic mass is 35.5. The van der Waals surface area contributed by atoms with Gasteiger partial charge in [-0.05, 0) is 50.9 Å². The summed E-state index contributed by atoms with van der Waals surface area (Å²) < 4.78 is 27.5. The van der Waals surface area contributed by atoms with Gasteiger partial charge in [-0.3, -0.25) is 9.69 Å². The highest BCUT2D eigenvalue weighted by Gasteiger charge is 2.27. The fraction of sp³-hybridized carbons (Fsp3) is 0.588. The van der Waals surface area contributed by atoms with Crippen LogP contribution in [0.5, 0.6) is 0 Å². The second-order valence-corrected chi connectivity index (χ2v) is 6.43. The molecule has 1 aromatic carbocycles. The summed E-state index contributed by atoms with van der Waals surface area (Å²) in [6.45, 7) is 2.56. The maximum atomic E-state index is 13.8. The molecule has 0 aliphatic carbocycles. The molecule has 1 aromatic rings. The lowest BCUT2D eigenvalue weighted by atomic mass is 10.0. The van der Waals surface area contributed by atoms with Gasteiger partial charge in [-0.1, -0.05) is 6.07 Å². The molecule has 0 saturated carbocycles. The maximum absolute atomic E-state index is 13.8. The molecule has 2 aliphatic heterocycles. The smallest absolute Gasteiger partial charge is 0.237 e. The SMILES string of the molecule is Cl.O=C(NC1CCCN(Cc2c(F)cccc2F)C1)[C@@H]1CCCN1. The largest absolute Gasteiger partial charge is 0.351 e. The molecule has 0 bridgehead atoms. The number of hydrogen-bond acceptors (Lipinski definition) is 3. The molecule has 0 radical (unpaired) electrons. The van der Waals surface area contributed by atoms with Crippen molar-refractivity contribution in [1.29, 1.82) is 0 Å². The maximum Gasteiger partial charge on any atom is 0.237 e. The minimum Gasteiger partial charge on any atom is -0.351 e. The van der Waals surface area contributed by atoms with Crippen molar-refractivity contribution >= 4 is 18.3 Å². The zero-order chi connectivity index (χ0) is 16.2. The number of nitrogens with zero attached hydrogens (tertiary/aromatic N) is 1. The molecule has 4 nitrogen and oxygen atoms in total. The predicted molar refractivity (Wildman–Crippen MR) is 91.1 cm³/mol. The van der Waals surface area contributed by atoms with Crippen LogP contribution in [0, 0.1) is 11.6 Å². The van der Waals surface area contributed by atoms with Crippen molar-refractivity contribution in [3.63, 3.8) is 0 Å². The summed E-state index contributed by atoms with van der Waals surface area (Å²) in [5.74, 6) is -0.968. The van der Waals surface area contributed by atoms with Crippen molar-refractivity contribution in [2.75, 3.05) is 19.6 Å². The van der Waals surface area contributed by atoms with Gasteiger partial charge >= 0.3 is 0 Å². The second kappa shape index (κ2) is 8.74. The molecule has 2 fully saturated rings. The number of likely N-dealkylation sites (tertiary alicyclic amines) is 1. The van der Waals surface area contributed by atoms with E-state index in [4.69, 9.17) is 0 Å². The Morgan fingerprint density at radius 3 is 2.67 bits per heavy atom. The van der Waals surface area contributed by atoms with Crippen LogP contribution in [0.15, 0.2) is 18.2 Å². The third kappa shape index (κ3) is 4.65. The van der Waals surface area contributed by atoms with Gasteiger partial charge in [-0.25, -0.2) is 8.78 Å². The fourth-order valence-electron chi connectivity index (χ4n) is 3.43. The van der Waals surface area contributed by atoms with Crippen LogP contribution >= 0.6 is 12.4 Å². The summed E-state index contributed by atoms with van der Waals surface area (Å²) in [5.41, 5.74) is 0.108. The van der Waals surface area contributed by atoms with E-state index in [1.807, 2.05) is 4.90 Å². The molecule has 2 aliphatic rings. The van der Waals surface area contributed by atoms with Crippen molar-refractivity contribution in [2.45, 2.75) is 44.3 Å². The second-order valence-electron chi connectivity index (χ2n) is 6.43. The molecule has 134 valence electrons. The highest BCUT2D eigenvalue weighted by Crippen LogP contribution is 2.18. The lowest BCUT2D eigenvalue weighted by molar-refractivity contribution is -0.123. The molecule has 24 heavy (non-hydrogen) atoms. The van der Waals surface area contributed by atoms with Crippen LogP contribution in [0.4, 0.5) is 8.78 Å². The lowest BCUT2D eigenvalue weighted by Crippen LogP contribution is -2.51. The third-order valence-electron chi connectivity index (χ3n) is 4.67. The molecule has 2 N–H and O–H groups in total. The summed E-state index contributed by atoms with van der Waals surface area (Å²) in [5, 5.41) is 6.26. The number of rotatable bonds is 4. The van der Waals surface area contributed by atoms with Gasteiger partial charge in [0.05, 0.1) is 6.04 Å².